The molecule has 2 N–H and O–H groups in total. The molecular weight excluding hydrogens is 812 g/mol. The summed E-state index contributed by atoms with van der Waals surface area (Å²) in [5.41, 5.74) is -1.50. The van der Waals surface area contributed by atoms with Crippen molar-refractivity contribution >= 4 is 52.8 Å². The molecule has 1 aliphatic carbocycles. The Kier molecular flexibility index (Phi) is 11.0. The van der Waals surface area contributed by atoms with Gasteiger partial charge in [0.25, 0.3) is 17.7 Å². The predicted octanol–water partition coefficient (Wildman–Crippen LogP) is 4.33. The lowest BCUT2D eigenvalue weighted by molar-refractivity contribution is -0.164. The zero-order valence-corrected chi connectivity index (χ0v) is 35.0. The van der Waals surface area contributed by atoms with E-state index >= 15 is 8.78 Å². The lowest BCUT2D eigenvalue weighted by Crippen LogP contribution is -2.74. The summed E-state index contributed by atoms with van der Waals surface area (Å²) in [4.78, 5) is 79.5. The molecule has 18 heteroatoms. The highest BCUT2D eigenvalue weighted by molar-refractivity contribution is 6.31. The number of hydrogen-bond donors (Lipinski definition) is 2. The molecule has 3 saturated heterocycles. The molecule has 8 rings (SSSR count). The Bertz CT molecular complexity index is 2340. The van der Waals surface area contributed by atoms with Gasteiger partial charge < -0.3 is 19.9 Å². The van der Waals surface area contributed by atoms with Gasteiger partial charge in [-0.05, 0) is 43.4 Å². The van der Waals surface area contributed by atoms with Gasteiger partial charge >= 0.3 is 0 Å². The molecule has 0 spiro atoms. The fourth-order valence-electron chi connectivity index (χ4n) is 10.1. The quantitative estimate of drug-likeness (QED) is 0.292. The SMILES string of the molecule is CC1(C)[C@H](NC(=O)c2cnc(N3CCC(CN4CCN(c5c(F)cc6c(c5F)C(=O)N(C5CCC(=O)NC5=O)C6=O)CC4)CC3)nc2)C(C)(C)[C@H]1Oc1ccc(C#N)c(Cl)c1. The van der Waals surface area contributed by atoms with Gasteiger partial charge in [0.1, 0.15) is 35.5 Å². The average Bonchev–Trinajstić information content (AvgIpc) is 3.47. The van der Waals surface area contributed by atoms with E-state index in [4.69, 9.17) is 16.3 Å². The number of anilines is 2. The fraction of sp³-hybridized carbons (Fsp3) is 0.488. The molecule has 61 heavy (non-hydrogen) atoms. The van der Waals surface area contributed by atoms with Crippen molar-refractivity contribution in [3.8, 4) is 11.8 Å². The molecule has 1 atom stereocenters. The van der Waals surface area contributed by atoms with Crippen LogP contribution in [0.5, 0.6) is 5.75 Å². The Balaban J connectivity index is 0.811. The molecule has 0 radical (unpaired) electrons. The number of fused-ring (bicyclic) bond motifs is 1. The molecular formula is C43H46ClF2N9O6. The van der Waals surface area contributed by atoms with Crippen LogP contribution in [0.25, 0.3) is 0 Å². The summed E-state index contributed by atoms with van der Waals surface area (Å²) in [6.45, 7) is 12.1. The Hall–Kier alpha value is -5.73. The monoisotopic (exact) mass is 857 g/mol. The maximum absolute atomic E-state index is 16.0. The van der Waals surface area contributed by atoms with Crippen molar-refractivity contribution in [1.82, 2.24) is 30.4 Å². The van der Waals surface area contributed by atoms with Crippen molar-refractivity contribution < 1.29 is 37.5 Å². The minimum Gasteiger partial charge on any atom is -0.489 e. The highest BCUT2D eigenvalue weighted by atomic mass is 35.5. The number of imide groups is 2. The van der Waals surface area contributed by atoms with E-state index in [2.05, 4.69) is 30.4 Å². The number of halogens is 3. The van der Waals surface area contributed by atoms with Crippen molar-refractivity contribution in [3.63, 3.8) is 0 Å². The molecule has 1 saturated carbocycles. The van der Waals surface area contributed by atoms with Gasteiger partial charge in [0.15, 0.2) is 5.82 Å². The second kappa shape index (κ2) is 15.9. The minimum absolute atomic E-state index is 0.0852. The molecule has 0 bridgehead atoms. The number of aromatic nitrogens is 2. The summed E-state index contributed by atoms with van der Waals surface area (Å²) in [6, 6.07) is 6.40. The number of carbonyl (C=O) groups excluding carboxylic acids is 5. The molecule has 15 nitrogen and oxygen atoms in total. The normalized spacial score (nSPS) is 23.9. The molecule has 1 unspecified atom stereocenters. The first kappa shape index (κ1) is 42.0. The molecule has 320 valence electrons. The zero-order chi connectivity index (χ0) is 43.5. The molecule has 4 aliphatic heterocycles. The molecule has 2 aromatic carbocycles. The van der Waals surface area contributed by atoms with Gasteiger partial charge in [0, 0.05) is 87.6 Å². The minimum atomic E-state index is -1.28. The number of benzene rings is 2. The van der Waals surface area contributed by atoms with Gasteiger partial charge in [0.05, 0.1) is 27.3 Å². The second-order valence-electron chi connectivity index (χ2n) is 17.7. The molecule has 5 amide bonds. The van der Waals surface area contributed by atoms with Gasteiger partial charge in [-0.3, -0.25) is 39.1 Å². The van der Waals surface area contributed by atoms with Crippen molar-refractivity contribution in [2.45, 2.75) is 71.6 Å². The number of nitrogens with one attached hydrogen (secondary N) is 2. The van der Waals surface area contributed by atoms with Gasteiger partial charge in [-0.2, -0.15) is 5.26 Å². The van der Waals surface area contributed by atoms with E-state index in [9.17, 15) is 29.2 Å². The average molecular weight is 858 g/mol. The standard InChI is InChI=1S/C43H46ClF2N9O6/c1-42(2)39(43(3,4)40(42)61-26-6-5-24(19-47)28(44)17-26)51-35(57)25-20-48-41(49-21-25)54-11-9-23(10-12-54)22-52-13-15-53(16-14-52)34-29(45)18-27-32(33(34)46)38(60)55(37(27)59)30-7-8-31(56)50-36(30)58/h5-6,17-18,20-21,23,30,39-40H,7-16,22H2,1-4H3,(H,51,57)(H,50,56,58)/t30?,39-,40-. The van der Waals surface area contributed by atoms with Gasteiger partial charge in [0.2, 0.25) is 17.8 Å². The first-order valence-corrected chi connectivity index (χ1v) is 20.8. The van der Waals surface area contributed by atoms with E-state index in [1.807, 2.05) is 33.8 Å². The summed E-state index contributed by atoms with van der Waals surface area (Å²) in [5, 5.41) is 14.8. The number of amides is 5. The van der Waals surface area contributed by atoms with Crippen molar-refractivity contribution in [1.29, 1.82) is 5.26 Å². The van der Waals surface area contributed by atoms with E-state index in [1.165, 1.54) is 0 Å². The lowest BCUT2D eigenvalue weighted by atomic mass is 9.49. The summed E-state index contributed by atoms with van der Waals surface area (Å²) < 4.78 is 37.8. The topological polar surface area (TPSA) is 181 Å². The molecule has 1 aromatic heterocycles. The Morgan fingerprint density at radius 2 is 1.62 bits per heavy atom. The van der Waals surface area contributed by atoms with E-state index in [1.54, 1.807) is 35.5 Å². The van der Waals surface area contributed by atoms with Crippen LogP contribution in [0.3, 0.4) is 0 Å². The Morgan fingerprint density at radius 3 is 2.25 bits per heavy atom. The van der Waals surface area contributed by atoms with Crippen molar-refractivity contribution in [3.05, 3.63) is 75.6 Å². The summed E-state index contributed by atoms with van der Waals surface area (Å²) in [5.74, 6) is -4.23. The van der Waals surface area contributed by atoms with E-state index < -0.39 is 63.3 Å². The highest BCUT2D eigenvalue weighted by Crippen LogP contribution is 2.55. The Morgan fingerprint density at radius 1 is 0.951 bits per heavy atom. The number of ether oxygens (including phenoxy) is 1. The summed E-state index contributed by atoms with van der Waals surface area (Å²) in [7, 11) is 0. The number of nitrogens with zero attached hydrogens (tertiary/aromatic N) is 7. The molecule has 5 heterocycles. The van der Waals surface area contributed by atoms with E-state index in [0.717, 1.165) is 38.5 Å². The second-order valence-corrected chi connectivity index (χ2v) is 18.1. The third-order valence-corrected chi connectivity index (χ3v) is 13.3. The molecule has 4 fully saturated rings. The number of piperidine rings is 2. The van der Waals surface area contributed by atoms with Crippen LogP contribution in [0, 0.1) is 39.7 Å². The van der Waals surface area contributed by atoms with Crippen LogP contribution in [-0.2, 0) is 9.59 Å². The number of piperazine rings is 1. The third kappa shape index (κ3) is 7.54. The lowest BCUT2D eigenvalue weighted by Gasteiger charge is -2.63. The highest BCUT2D eigenvalue weighted by Gasteiger charge is 2.64. The smallest absolute Gasteiger partial charge is 0.265 e. The van der Waals surface area contributed by atoms with Gasteiger partial charge in [-0.1, -0.05) is 39.3 Å². The number of rotatable bonds is 9. The van der Waals surface area contributed by atoms with Crippen LogP contribution in [-0.4, -0.2) is 113 Å². The maximum Gasteiger partial charge on any atom is 0.265 e. The van der Waals surface area contributed by atoms with Gasteiger partial charge in [-0.25, -0.2) is 18.7 Å². The zero-order valence-electron chi connectivity index (χ0n) is 34.3. The number of hydrogen-bond acceptors (Lipinski definition) is 12. The van der Waals surface area contributed by atoms with Crippen LogP contribution in [0.2, 0.25) is 5.02 Å². The van der Waals surface area contributed by atoms with Crippen LogP contribution in [0.4, 0.5) is 20.4 Å². The fourth-order valence-corrected chi connectivity index (χ4v) is 10.3. The predicted molar refractivity (Wildman–Crippen MR) is 218 cm³/mol. The molecule has 5 aliphatic rings. The van der Waals surface area contributed by atoms with E-state index in [-0.39, 0.29) is 36.6 Å². The largest absolute Gasteiger partial charge is 0.489 e. The molecule has 3 aromatic rings. The number of carbonyl (C=O) groups is 5. The first-order valence-electron chi connectivity index (χ1n) is 20.4. The third-order valence-electron chi connectivity index (χ3n) is 13.0. The summed E-state index contributed by atoms with van der Waals surface area (Å²) in [6.07, 6.45) is 4.43. The van der Waals surface area contributed by atoms with Crippen molar-refractivity contribution in [2.24, 2.45) is 16.7 Å². The maximum atomic E-state index is 16.0. The van der Waals surface area contributed by atoms with Crippen LogP contribution in [0.1, 0.15) is 90.0 Å². The summed E-state index contributed by atoms with van der Waals surface area (Å²) >= 11 is 6.23. The first-order chi connectivity index (χ1) is 29.0. The van der Waals surface area contributed by atoms with Crippen LogP contribution >= 0.6 is 11.6 Å². The van der Waals surface area contributed by atoms with E-state index in [0.29, 0.717) is 64.8 Å². The van der Waals surface area contributed by atoms with Crippen LogP contribution < -0.4 is 25.2 Å². The Labute approximate surface area is 356 Å². The van der Waals surface area contributed by atoms with Crippen LogP contribution in [0.15, 0.2) is 36.7 Å². The number of nitriles is 1. The van der Waals surface area contributed by atoms with Crippen molar-refractivity contribution in [2.75, 3.05) is 55.6 Å². The van der Waals surface area contributed by atoms with Gasteiger partial charge in [-0.15, -0.1) is 0 Å².